The summed E-state index contributed by atoms with van der Waals surface area (Å²) in [6.07, 6.45) is -6.74. The summed E-state index contributed by atoms with van der Waals surface area (Å²) >= 11 is 0. The molecular formula is C29H35F6N7O4. The van der Waals surface area contributed by atoms with Crippen molar-refractivity contribution in [1.29, 1.82) is 0 Å². The fourth-order valence-corrected chi connectivity index (χ4v) is 5.68. The topological polar surface area (TPSA) is 151 Å². The van der Waals surface area contributed by atoms with Gasteiger partial charge in [-0.05, 0) is 38.4 Å². The average Bonchev–Trinajstić information content (AvgIpc) is 3.01. The molecule has 3 aromatic rings. The molecular weight excluding hydrogens is 624 g/mol. The number of alkyl halides is 4. The molecule has 0 bridgehead atoms. The first-order valence-corrected chi connectivity index (χ1v) is 14.7. The molecule has 11 nitrogen and oxygen atoms in total. The largest absolute Gasteiger partial charge is 0.474 e. The lowest BCUT2D eigenvalue weighted by Crippen LogP contribution is -2.61. The number of likely N-dealkylation sites (tertiary alicyclic amines) is 1. The zero-order valence-corrected chi connectivity index (χ0v) is 25.1. The molecule has 0 aliphatic carbocycles. The summed E-state index contributed by atoms with van der Waals surface area (Å²) in [5, 5.41) is 25.0. The number of nitrogen functional groups attached to an aromatic ring is 1. The van der Waals surface area contributed by atoms with Gasteiger partial charge in [0.15, 0.2) is 5.82 Å². The summed E-state index contributed by atoms with van der Waals surface area (Å²) in [7, 11) is 0. The van der Waals surface area contributed by atoms with E-state index in [1.165, 1.54) is 0 Å². The van der Waals surface area contributed by atoms with Gasteiger partial charge in [-0.2, -0.15) is 23.1 Å². The predicted octanol–water partition coefficient (Wildman–Crippen LogP) is 3.06. The number of aliphatic hydroxyl groups is 2. The zero-order chi connectivity index (χ0) is 33.4. The molecule has 0 amide bonds. The summed E-state index contributed by atoms with van der Waals surface area (Å²) in [4.78, 5) is 14.2. The van der Waals surface area contributed by atoms with Gasteiger partial charge in [0.05, 0.1) is 30.6 Å². The van der Waals surface area contributed by atoms with Gasteiger partial charge >= 0.3 is 12.2 Å². The minimum absolute atomic E-state index is 0.0106. The van der Waals surface area contributed by atoms with Crippen molar-refractivity contribution < 1.29 is 46.0 Å². The smallest absolute Gasteiger partial charge is 0.417 e. The van der Waals surface area contributed by atoms with Crippen LogP contribution in [0.25, 0.3) is 22.2 Å². The number of ether oxygens (including phenoxy) is 2. The number of pyridine rings is 1. The highest BCUT2D eigenvalue weighted by atomic mass is 19.4. The Hall–Kier alpha value is -3.67. The van der Waals surface area contributed by atoms with E-state index >= 15 is 4.39 Å². The third-order valence-electron chi connectivity index (χ3n) is 8.07. The van der Waals surface area contributed by atoms with E-state index in [9.17, 15) is 32.2 Å². The predicted molar refractivity (Wildman–Crippen MR) is 156 cm³/mol. The molecule has 2 aliphatic rings. The number of rotatable bonds is 8. The second kappa shape index (κ2) is 13.2. The fraction of sp³-hybridized carbons (Fsp3) is 0.552. The van der Waals surface area contributed by atoms with E-state index in [1.807, 2.05) is 0 Å². The van der Waals surface area contributed by atoms with Crippen LogP contribution in [0.2, 0.25) is 0 Å². The van der Waals surface area contributed by atoms with Crippen molar-refractivity contribution in [2.24, 2.45) is 5.41 Å². The van der Waals surface area contributed by atoms with Crippen LogP contribution >= 0.6 is 0 Å². The van der Waals surface area contributed by atoms with Gasteiger partial charge in [-0.3, -0.25) is 4.90 Å². The van der Waals surface area contributed by atoms with Crippen molar-refractivity contribution in [1.82, 2.24) is 25.2 Å². The number of halogens is 6. The van der Waals surface area contributed by atoms with Crippen LogP contribution in [-0.4, -0.2) is 101 Å². The Labute approximate surface area is 260 Å². The number of nitrogens with zero attached hydrogens (tertiary/aromatic N) is 4. The van der Waals surface area contributed by atoms with E-state index in [2.05, 4.69) is 25.6 Å². The van der Waals surface area contributed by atoms with Gasteiger partial charge in [-0.1, -0.05) is 0 Å². The maximum Gasteiger partial charge on any atom is 0.417 e. The third-order valence-corrected chi connectivity index (χ3v) is 8.07. The minimum atomic E-state index is -5.11. The SMILES string of the molecule is Cc1c(F)c(N)cc(-c2nc3c4c(nc(OC[C@@H](F)CN5CC(CO)(CO)C5)nc4c2F)NCCNCC[C@H](C)O3)c1C(F)(F)F. The van der Waals surface area contributed by atoms with Crippen LogP contribution in [-0.2, 0) is 6.18 Å². The average molecular weight is 660 g/mol. The molecule has 2 aromatic heterocycles. The molecule has 46 heavy (non-hydrogen) atoms. The Morgan fingerprint density at radius 2 is 1.85 bits per heavy atom. The summed E-state index contributed by atoms with van der Waals surface area (Å²) in [6, 6.07) is 0.196. The van der Waals surface area contributed by atoms with Crippen LogP contribution in [0.3, 0.4) is 0 Å². The monoisotopic (exact) mass is 659 g/mol. The van der Waals surface area contributed by atoms with Gasteiger partial charge in [0.1, 0.15) is 41.0 Å². The van der Waals surface area contributed by atoms with Gasteiger partial charge in [0.25, 0.3) is 0 Å². The lowest BCUT2D eigenvalue weighted by atomic mass is 9.81. The quantitative estimate of drug-likeness (QED) is 0.179. The van der Waals surface area contributed by atoms with Crippen LogP contribution in [0, 0.1) is 24.0 Å². The maximum absolute atomic E-state index is 16.4. The van der Waals surface area contributed by atoms with E-state index < -0.39 is 81.7 Å². The van der Waals surface area contributed by atoms with E-state index in [4.69, 9.17) is 15.2 Å². The van der Waals surface area contributed by atoms with Crippen LogP contribution in [0.15, 0.2) is 6.07 Å². The van der Waals surface area contributed by atoms with E-state index in [0.717, 1.165) is 6.92 Å². The van der Waals surface area contributed by atoms with E-state index in [0.29, 0.717) is 25.6 Å². The molecule has 17 heteroatoms. The van der Waals surface area contributed by atoms with Crippen LogP contribution < -0.4 is 25.8 Å². The molecule has 2 aliphatic heterocycles. The summed E-state index contributed by atoms with van der Waals surface area (Å²) < 4.78 is 100. The summed E-state index contributed by atoms with van der Waals surface area (Å²) in [6.45, 7) is 3.29. The molecule has 0 saturated carbocycles. The van der Waals surface area contributed by atoms with Gasteiger partial charge in [-0.25, -0.2) is 18.2 Å². The Morgan fingerprint density at radius 1 is 1.13 bits per heavy atom. The second-order valence-electron chi connectivity index (χ2n) is 11.8. The first kappa shape index (κ1) is 33.7. The van der Waals surface area contributed by atoms with Gasteiger partial charge in [0.2, 0.25) is 5.88 Å². The third kappa shape index (κ3) is 6.72. The lowest BCUT2D eigenvalue weighted by molar-refractivity contribution is -0.137. The minimum Gasteiger partial charge on any atom is -0.474 e. The second-order valence-corrected chi connectivity index (χ2v) is 11.8. The summed E-state index contributed by atoms with van der Waals surface area (Å²) in [5.41, 5.74) is -0.128. The zero-order valence-electron chi connectivity index (χ0n) is 25.1. The Bertz CT molecular complexity index is 1580. The number of aromatic nitrogens is 3. The highest BCUT2D eigenvalue weighted by Gasteiger charge is 2.43. The molecule has 0 unspecified atom stereocenters. The van der Waals surface area contributed by atoms with Crippen molar-refractivity contribution in [3.63, 3.8) is 0 Å². The van der Waals surface area contributed by atoms with Gasteiger partial charge < -0.3 is 36.1 Å². The fourth-order valence-electron chi connectivity index (χ4n) is 5.68. The molecule has 5 rings (SSSR count). The molecule has 1 fully saturated rings. The number of nitrogens with two attached hydrogens (primary N) is 1. The summed E-state index contributed by atoms with van der Waals surface area (Å²) in [5.74, 6) is -2.89. The Morgan fingerprint density at radius 3 is 2.52 bits per heavy atom. The lowest BCUT2D eigenvalue weighted by Gasteiger charge is -2.48. The van der Waals surface area contributed by atoms with Crippen molar-refractivity contribution >= 4 is 22.4 Å². The molecule has 0 spiro atoms. The number of nitrogens with one attached hydrogen (secondary N) is 2. The van der Waals surface area contributed by atoms with Gasteiger partial charge in [-0.15, -0.1) is 0 Å². The van der Waals surface area contributed by atoms with Crippen molar-refractivity contribution in [2.45, 2.75) is 38.7 Å². The highest BCUT2D eigenvalue weighted by molar-refractivity contribution is 5.96. The van der Waals surface area contributed by atoms with E-state index in [-0.39, 0.29) is 56.5 Å². The van der Waals surface area contributed by atoms with Crippen molar-refractivity contribution in [3.8, 4) is 23.1 Å². The van der Waals surface area contributed by atoms with Gasteiger partial charge in [0, 0.05) is 43.7 Å². The molecule has 252 valence electrons. The highest BCUT2D eigenvalue weighted by Crippen LogP contribution is 2.44. The molecule has 4 heterocycles. The van der Waals surface area contributed by atoms with Crippen LogP contribution in [0.1, 0.15) is 24.5 Å². The van der Waals surface area contributed by atoms with Crippen molar-refractivity contribution in [3.05, 3.63) is 28.8 Å². The number of benzene rings is 1. The number of anilines is 2. The number of hydrogen-bond acceptors (Lipinski definition) is 11. The maximum atomic E-state index is 16.4. The molecule has 1 aromatic carbocycles. The first-order valence-electron chi connectivity index (χ1n) is 14.7. The molecule has 0 radical (unpaired) electrons. The van der Waals surface area contributed by atoms with Crippen LogP contribution in [0.5, 0.6) is 11.9 Å². The standard InChI is InChI=1S/C29H35F6N7O4/c1-14-3-4-37-5-6-38-25-19-24(40-27(41-25)45-9-16(30)8-42-10-28(11-42,12-43)13-44)22(32)23(39-26(19)46-14)17-7-18(36)21(31)15(2)20(17)29(33,34)35/h7,14,16,37,43-44H,3-6,8-13,36H2,1-2H3,(H,38,40,41)/t14-,16-/m0/s1. The van der Waals surface area contributed by atoms with Crippen LogP contribution in [0.4, 0.5) is 37.8 Å². The van der Waals surface area contributed by atoms with Crippen molar-refractivity contribution in [2.75, 3.05) is 70.1 Å². The number of hydrogen-bond donors (Lipinski definition) is 5. The Balaban J connectivity index is 1.59. The van der Waals surface area contributed by atoms with E-state index in [1.54, 1.807) is 11.8 Å². The molecule has 2 atom stereocenters. The normalized spacial score (nSPS) is 19.5. The molecule has 6 N–H and O–H groups in total. The Kier molecular flexibility index (Phi) is 9.68. The first-order chi connectivity index (χ1) is 21.8. The molecule has 1 saturated heterocycles. The number of aliphatic hydroxyl groups excluding tert-OH is 2.